The number of thiazole rings is 2. The number of carboxylic acid groups (broad SMARTS) is 1. The molecular weight excluding hydrogens is 595 g/mol. The zero-order chi connectivity index (χ0) is 29.8. The van der Waals surface area contributed by atoms with Gasteiger partial charge >= 0.3 is 5.97 Å². The van der Waals surface area contributed by atoms with Crippen LogP contribution in [0.1, 0.15) is 39.3 Å². The SMILES string of the molecule is O=C(O)c1cc2c3c(ccc2[nH]1)N(C(=O)c1ccc2nc(/N=N/c4sc(N5CCCC5)nc4-c4ccccc4)sc2c1)CC3. The molecule has 1 saturated heterocycles. The number of aromatic carboxylic acids is 1. The molecule has 1 fully saturated rings. The van der Waals surface area contributed by atoms with E-state index in [0.29, 0.717) is 23.7 Å². The zero-order valence-electron chi connectivity index (χ0n) is 23.4. The molecule has 10 nitrogen and oxygen atoms in total. The number of H-pyrrole nitrogens is 1. The normalized spacial score (nSPS) is 14.8. The van der Waals surface area contributed by atoms with Gasteiger partial charge in [-0.2, -0.15) is 0 Å². The molecule has 12 heteroatoms. The van der Waals surface area contributed by atoms with Crippen LogP contribution in [0.25, 0.3) is 32.4 Å². The summed E-state index contributed by atoms with van der Waals surface area (Å²) in [5.74, 6) is -1.12. The van der Waals surface area contributed by atoms with Crippen molar-refractivity contribution in [1.82, 2.24) is 15.0 Å². The molecule has 1 amide bonds. The van der Waals surface area contributed by atoms with Crippen LogP contribution in [-0.2, 0) is 6.42 Å². The van der Waals surface area contributed by atoms with Crippen molar-refractivity contribution in [1.29, 1.82) is 0 Å². The Morgan fingerprint density at radius 3 is 2.57 bits per heavy atom. The van der Waals surface area contributed by atoms with Gasteiger partial charge in [-0.3, -0.25) is 4.79 Å². The largest absolute Gasteiger partial charge is 0.477 e. The first-order valence-corrected chi connectivity index (χ1v) is 16.0. The number of aromatic nitrogens is 3. The molecule has 0 radical (unpaired) electrons. The van der Waals surface area contributed by atoms with Crippen molar-refractivity contribution in [2.75, 3.05) is 29.4 Å². The van der Waals surface area contributed by atoms with E-state index in [1.54, 1.807) is 28.4 Å². The number of benzene rings is 3. The number of carboxylic acids is 1. The van der Waals surface area contributed by atoms with Gasteiger partial charge < -0.3 is 19.9 Å². The first-order chi connectivity index (χ1) is 21.5. The summed E-state index contributed by atoms with van der Waals surface area (Å²) in [7, 11) is 0. The summed E-state index contributed by atoms with van der Waals surface area (Å²) in [5.41, 5.74) is 5.81. The maximum Gasteiger partial charge on any atom is 0.352 e. The Balaban J connectivity index is 1.07. The number of amides is 1. The van der Waals surface area contributed by atoms with Crippen LogP contribution in [0.4, 0.5) is 21.0 Å². The standard InChI is InChI=1S/C32H25N7O3S2/c40-29(39-15-12-20-21-17-24(30(41)42)33-22(21)10-11-25(20)39)19-8-9-23-26(16-19)43-31(34-23)37-36-28-27(18-6-2-1-3-7-18)35-32(44-28)38-13-4-5-14-38/h1-3,6-11,16-17,33H,4-5,12-15H2,(H,41,42)/b37-36+. The molecule has 0 unspecified atom stereocenters. The van der Waals surface area contributed by atoms with Crippen LogP contribution in [-0.4, -0.2) is 51.6 Å². The molecule has 0 bridgehead atoms. The number of hydrogen-bond donors (Lipinski definition) is 2. The fraction of sp³-hybridized carbons (Fsp3) is 0.188. The fourth-order valence-electron chi connectivity index (χ4n) is 5.97. The summed E-state index contributed by atoms with van der Waals surface area (Å²) in [6.07, 6.45) is 2.99. The molecule has 2 N–H and O–H groups in total. The van der Waals surface area contributed by atoms with E-state index in [4.69, 9.17) is 4.98 Å². The number of anilines is 2. The molecule has 3 aromatic carbocycles. The number of nitrogens with one attached hydrogen (secondary N) is 1. The van der Waals surface area contributed by atoms with E-state index in [1.807, 2.05) is 54.6 Å². The lowest BCUT2D eigenvalue weighted by Gasteiger charge is -2.17. The van der Waals surface area contributed by atoms with Crippen molar-refractivity contribution in [3.63, 3.8) is 0 Å². The molecule has 2 aliphatic heterocycles. The van der Waals surface area contributed by atoms with Crippen LogP contribution in [0, 0.1) is 0 Å². The van der Waals surface area contributed by atoms with Gasteiger partial charge in [0, 0.05) is 47.4 Å². The smallest absolute Gasteiger partial charge is 0.352 e. The van der Waals surface area contributed by atoms with Crippen molar-refractivity contribution < 1.29 is 14.7 Å². The molecule has 8 rings (SSSR count). The summed E-state index contributed by atoms with van der Waals surface area (Å²) in [4.78, 5) is 41.7. The second-order valence-electron chi connectivity index (χ2n) is 10.8. The molecule has 218 valence electrons. The molecule has 5 heterocycles. The van der Waals surface area contributed by atoms with E-state index in [2.05, 4.69) is 25.1 Å². The van der Waals surface area contributed by atoms with Crippen LogP contribution >= 0.6 is 22.7 Å². The average Bonchev–Trinajstić information content (AvgIpc) is 3.87. The minimum atomic E-state index is -1.01. The summed E-state index contributed by atoms with van der Waals surface area (Å²) in [5, 5.41) is 21.6. The van der Waals surface area contributed by atoms with Gasteiger partial charge in [-0.05, 0) is 61.2 Å². The van der Waals surface area contributed by atoms with E-state index >= 15 is 0 Å². The highest BCUT2D eigenvalue weighted by Gasteiger charge is 2.28. The maximum absolute atomic E-state index is 13.7. The number of hydrogen-bond acceptors (Lipinski definition) is 9. The lowest BCUT2D eigenvalue weighted by atomic mass is 10.1. The van der Waals surface area contributed by atoms with E-state index in [1.165, 1.54) is 24.2 Å². The molecule has 0 atom stereocenters. The minimum absolute atomic E-state index is 0.109. The van der Waals surface area contributed by atoms with Gasteiger partial charge in [-0.25, -0.2) is 14.8 Å². The highest BCUT2D eigenvalue weighted by molar-refractivity contribution is 7.22. The maximum atomic E-state index is 13.7. The molecular formula is C32H25N7O3S2. The average molecular weight is 620 g/mol. The molecule has 0 spiro atoms. The number of rotatable bonds is 6. The summed E-state index contributed by atoms with van der Waals surface area (Å²) < 4.78 is 0.849. The number of carbonyl (C=O) groups is 2. The predicted octanol–water partition coefficient (Wildman–Crippen LogP) is 7.82. The summed E-state index contributed by atoms with van der Waals surface area (Å²) in [6.45, 7) is 2.53. The Bertz CT molecular complexity index is 2110. The van der Waals surface area contributed by atoms with E-state index < -0.39 is 5.97 Å². The number of aromatic amines is 1. The quantitative estimate of drug-likeness (QED) is 0.183. The van der Waals surface area contributed by atoms with Crippen LogP contribution in [0.15, 0.2) is 77.0 Å². The lowest BCUT2D eigenvalue weighted by molar-refractivity contribution is 0.0691. The lowest BCUT2D eigenvalue weighted by Crippen LogP contribution is -2.28. The molecule has 44 heavy (non-hydrogen) atoms. The first-order valence-electron chi connectivity index (χ1n) is 14.3. The number of fused-ring (bicyclic) bond motifs is 4. The monoisotopic (exact) mass is 619 g/mol. The Kier molecular flexibility index (Phi) is 6.46. The Labute approximate surface area is 259 Å². The third-order valence-corrected chi connectivity index (χ3v) is 10.0. The Morgan fingerprint density at radius 2 is 1.75 bits per heavy atom. The van der Waals surface area contributed by atoms with Gasteiger partial charge in [0.1, 0.15) is 11.4 Å². The van der Waals surface area contributed by atoms with Crippen LogP contribution in [0.2, 0.25) is 0 Å². The van der Waals surface area contributed by atoms with E-state index in [9.17, 15) is 14.7 Å². The van der Waals surface area contributed by atoms with Gasteiger partial charge in [0.25, 0.3) is 5.91 Å². The molecule has 0 saturated carbocycles. The first kappa shape index (κ1) is 26.7. The molecule has 6 aromatic rings. The van der Waals surface area contributed by atoms with Gasteiger partial charge in [0.2, 0.25) is 5.13 Å². The van der Waals surface area contributed by atoms with Crippen molar-refractivity contribution in [2.24, 2.45) is 10.2 Å². The van der Waals surface area contributed by atoms with Crippen LogP contribution in [0.5, 0.6) is 0 Å². The third-order valence-electron chi connectivity index (χ3n) is 8.11. The minimum Gasteiger partial charge on any atom is -0.477 e. The fourth-order valence-corrected chi connectivity index (χ4v) is 7.76. The molecule has 3 aromatic heterocycles. The second kappa shape index (κ2) is 10.6. The van der Waals surface area contributed by atoms with Crippen molar-refractivity contribution in [3.05, 3.63) is 83.6 Å². The van der Waals surface area contributed by atoms with Crippen molar-refractivity contribution in [3.8, 4) is 11.3 Å². The van der Waals surface area contributed by atoms with Crippen LogP contribution in [0.3, 0.4) is 0 Å². The van der Waals surface area contributed by atoms with Crippen LogP contribution < -0.4 is 9.80 Å². The zero-order valence-corrected chi connectivity index (χ0v) is 25.0. The molecule has 0 aliphatic carbocycles. The number of azo groups is 1. The Hall–Kier alpha value is -4.94. The van der Waals surface area contributed by atoms with Crippen molar-refractivity contribution >= 4 is 76.6 Å². The Morgan fingerprint density at radius 1 is 0.909 bits per heavy atom. The van der Waals surface area contributed by atoms with Crippen molar-refractivity contribution in [2.45, 2.75) is 19.3 Å². The third kappa shape index (κ3) is 4.63. The van der Waals surface area contributed by atoms with Gasteiger partial charge in [0.15, 0.2) is 10.1 Å². The summed E-state index contributed by atoms with van der Waals surface area (Å²) >= 11 is 2.94. The predicted molar refractivity (Wildman–Crippen MR) is 173 cm³/mol. The van der Waals surface area contributed by atoms with E-state index in [-0.39, 0.29) is 11.6 Å². The number of nitrogens with zero attached hydrogens (tertiary/aromatic N) is 6. The molecule has 2 aliphatic rings. The second-order valence-corrected chi connectivity index (χ2v) is 12.8. The number of carbonyl (C=O) groups excluding carboxylic acids is 1. The van der Waals surface area contributed by atoms with Gasteiger partial charge in [-0.1, -0.05) is 53.0 Å². The van der Waals surface area contributed by atoms with Gasteiger partial charge in [0.05, 0.1) is 10.2 Å². The topological polar surface area (TPSA) is 127 Å². The summed E-state index contributed by atoms with van der Waals surface area (Å²) in [6, 6.07) is 20.9. The highest BCUT2D eigenvalue weighted by Crippen LogP contribution is 2.42. The highest BCUT2D eigenvalue weighted by atomic mass is 32.1. The van der Waals surface area contributed by atoms with Gasteiger partial charge in [-0.15, -0.1) is 10.2 Å². The van der Waals surface area contributed by atoms with E-state index in [0.717, 1.165) is 66.8 Å².